The second-order valence-corrected chi connectivity index (χ2v) is 12.8. The molecule has 14 heteroatoms. The zero-order valence-corrected chi connectivity index (χ0v) is 24.4. The highest BCUT2D eigenvalue weighted by molar-refractivity contribution is 7.88. The molecule has 11 nitrogen and oxygen atoms in total. The van der Waals surface area contributed by atoms with Crippen LogP contribution in [0, 0.1) is 0 Å². The highest BCUT2D eigenvalue weighted by atomic mass is 35.5. The van der Waals surface area contributed by atoms with Gasteiger partial charge in [-0.2, -0.15) is 0 Å². The summed E-state index contributed by atoms with van der Waals surface area (Å²) in [7, 11) is -3.49. The number of ether oxygens (including phenoxy) is 1. The van der Waals surface area contributed by atoms with Gasteiger partial charge in [0.25, 0.3) is 0 Å². The van der Waals surface area contributed by atoms with E-state index in [1.807, 2.05) is 30.3 Å². The molecule has 0 atom stereocenters. The Kier molecular flexibility index (Phi) is 10.1. The van der Waals surface area contributed by atoms with E-state index in [4.69, 9.17) is 27.2 Å². The summed E-state index contributed by atoms with van der Waals surface area (Å²) >= 11 is 7.32. The maximum atomic E-state index is 13.1. The zero-order valence-electron chi connectivity index (χ0n) is 22.0. The predicted octanol–water partition coefficient (Wildman–Crippen LogP) is 4.01. The van der Waals surface area contributed by atoms with Crippen molar-refractivity contribution in [1.82, 2.24) is 4.31 Å². The Morgan fingerprint density at radius 3 is 2.49 bits per heavy atom. The number of nitrogens with two attached hydrogens (primary N) is 1. The Morgan fingerprint density at radius 2 is 1.80 bits per heavy atom. The molecule has 0 radical (unpaired) electrons. The second-order valence-electron chi connectivity index (χ2n) is 9.46. The van der Waals surface area contributed by atoms with Crippen LogP contribution >= 0.6 is 22.9 Å². The highest BCUT2D eigenvalue weighted by Gasteiger charge is 2.29. The van der Waals surface area contributed by atoms with Crippen LogP contribution in [0.4, 0.5) is 11.4 Å². The van der Waals surface area contributed by atoms with Gasteiger partial charge in [0.2, 0.25) is 10.0 Å². The van der Waals surface area contributed by atoms with Gasteiger partial charge in [-0.15, -0.1) is 11.3 Å². The van der Waals surface area contributed by atoms with Crippen molar-refractivity contribution in [3.63, 3.8) is 0 Å². The molecular weight excluding hydrogens is 592 g/mol. The Labute approximate surface area is 246 Å². The van der Waals surface area contributed by atoms with Crippen molar-refractivity contribution in [3.8, 4) is 16.2 Å². The fourth-order valence-corrected chi connectivity index (χ4v) is 7.49. The van der Waals surface area contributed by atoms with Gasteiger partial charge in [0, 0.05) is 43.6 Å². The zero-order chi connectivity index (χ0) is 29.6. The molecule has 1 aliphatic rings. The molecule has 41 heavy (non-hydrogen) atoms. The van der Waals surface area contributed by atoms with Crippen LogP contribution < -0.4 is 21.1 Å². The molecular formula is C27H31ClN4O7S2. The van der Waals surface area contributed by atoms with Gasteiger partial charge in [-0.3, -0.25) is 0 Å². The summed E-state index contributed by atoms with van der Waals surface area (Å²) in [6.07, 6.45) is 1.22. The predicted molar refractivity (Wildman–Crippen MR) is 160 cm³/mol. The number of carbonyl (C=O) groups is 2. The molecule has 4 rings (SSSR count). The number of thiophene rings is 1. The number of sulfonamides is 1. The first-order chi connectivity index (χ1) is 19.6. The summed E-state index contributed by atoms with van der Waals surface area (Å²) in [5.74, 6) is -2.77. The van der Waals surface area contributed by atoms with Gasteiger partial charge >= 0.3 is 11.9 Å². The van der Waals surface area contributed by atoms with Crippen LogP contribution in [0.15, 0.2) is 48.5 Å². The number of hydrogen-bond acceptors (Lipinski definition) is 9. The number of benzene rings is 2. The molecule has 0 saturated carbocycles. The largest absolute Gasteiger partial charge is 0.479 e. The molecule has 0 amide bonds. The minimum absolute atomic E-state index is 0.0309. The molecule has 0 spiro atoms. The fourth-order valence-electron chi connectivity index (χ4n) is 4.54. The molecule has 3 aromatic rings. The van der Waals surface area contributed by atoms with Crippen LogP contribution in [0.5, 0.6) is 5.75 Å². The van der Waals surface area contributed by atoms with E-state index >= 15 is 0 Å². The van der Waals surface area contributed by atoms with Crippen LogP contribution in [0.25, 0.3) is 10.4 Å². The van der Waals surface area contributed by atoms with Crippen LogP contribution in [0.2, 0.25) is 5.02 Å². The first-order valence-electron chi connectivity index (χ1n) is 12.8. The number of carboxylic acid groups (broad SMARTS) is 2. The lowest BCUT2D eigenvalue weighted by molar-refractivity contribution is -0.139. The number of aromatic carboxylic acids is 1. The average Bonchev–Trinajstić information content (AvgIpc) is 3.27. The number of aliphatic carboxylic acids is 1. The number of hydrogen-bond donors (Lipinski definition) is 5. The van der Waals surface area contributed by atoms with E-state index in [1.54, 1.807) is 18.2 Å². The number of piperidine rings is 1. The minimum Gasteiger partial charge on any atom is -0.479 e. The van der Waals surface area contributed by atoms with Gasteiger partial charge in [0.05, 0.1) is 10.6 Å². The summed E-state index contributed by atoms with van der Waals surface area (Å²) in [4.78, 5) is 22.9. The first-order valence-corrected chi connectivity index (χ1v) is 15.7. The third-order valence-electron chi connectivity index (χ3n) is 6.44. The maximum Gasteiger partial charge on any atom is 0.349 e. The summed E-state index contributed by atoms with van der Waals surface area (Å²) in [5, 5.41) is 25.1. The van der Waals surface area contributed by atoms with E-state index in [2.05, 4.69) is 10.6 Å². The number of carboxylic acids is 2. The van der Waals surface area contributed by atoms with Gasteiger partial charge < -0.3 is 31.3 Å². The number of nitrogens with one attached hydrogen (secondary N) is 2. The maximum absolute atomic E-state index is 13.1. The molecule has 6 N–H and O–H groups in total. The molecule has 1 fully saturated rings. The van der Waals surface area contributed by atoms with Crippen molar-refractivity contribution in [2.75, 3.05) is 43.4 Å². The normalized spacial score (nSPS) is 14.5. The van der Waals surface area contributed by atoms with Crippen molar-refractivity contribution in [3.05, 3.63) is 64.0 Å². The Hall–Kier alpha value is -3.36. The summed E-state index contributed by atoms with van der Waals surface area (Å²) in [6, 6.07) is 14.6. The molecule has 0 aliphatic carbocycles. The van der Waals surface area contributed by atoms with E-state index in [0.717, 1.165) is 22.7 Å². The SMILES string of the molecule is NCCNc1cccc(CS(=O)(=O)N2CCC(Nc3cccc(-c4sc(C(=O)O)c(OCC(=O)O)c4Cl)c3)CC2)c1. The number of rotatable bonds is 13. The molecule has 1 saturated heterocycles. The van der Waals surface area contributed by atoms with Crippen molar-refractivity contribution in [2.45, 2.75) is 24.6 Å². The molecule has 2 aromatic carbocycles. The van der Waals surface area contributed by atoms with E-state index in [1.165, 1.54) is 4.31 Å². The Bertz CT molecular complexity index is 1510. The van der Waals surface area contributed by atoms with Crippen molar-refractivity contribution >= 4 is 56.3 Å². The number of anilines is 2. The monoisotopic (exact) mass is 622 g/mol. The molecule has 0 unspecified atom stereocenters. The molecule has 220 valence electrons. The Morgan fingerprint density at radius 1 is 1.10 bits per heavy atom. The van der Waals surface area contributed by atoms with Gasteiger partial charge in [0.15, 0.2) is 17.2 Å². The van der Waals surface area contributed by atoms with Gasteiger partial charge in [-0.25, -0.2) is 22.3 Å². The topological polar surface area (TPSA) is 171 Å². The lowest BCUT2D eigenvalue weighted by Gasteiger charge is -2.32. The van der Waals surface area contributed by atoms with Crippen LogP contribution in [0.1, 0.15) is 28.1 Å². The van der Waals surface area contributed by atoms with Crippen LogP contribution in [-0.2, 0) is 20.6 Å². The van der Waals surface area contributed by atoms with E-state index in [9.17, 15) is 23.1 Å². The van der Waals surface area contributed by atoms with Crippen LogP contribution in [0.3, 0.4) is 0 Å². The molecule has 2 heterocycles. The quantitative estimate of drug-likeness (QED) is 0.188. The van der Waals surface area contributed by atoms with Crippen molar-refractivity contribution in [2.24, 2.45) is 5.73 Å². The molecule has 1 aliphatic heterocycles. The van der Waals surface area contributed by atoms with E-state index in [-0.39, 0.29) is 27.4 Å². The lowest BCUT2D eigenvalue weighted by atomic mass is 10.1. The number of nitrogens with zero attached hydrogens (tertiary/aromatic N) is 1. The molecule has 1 aromatic heterocycles. The van der Waals surface area contributed by atoms with Crippen LogP contribution in [-0.4, -0.2) is 73.7 Å². The fraction of sp³-hybridized carbons (Fsp3) is 0.333. The second kappa shape index (κ2) is 13.5. The Balaban J connectivity index is 1.39. The van der Waals surface area contributed by atoms with E-state index in [0.29, 0.717) is 55.0 Å². The van der Waals surface area contributed by atoms with Gasteiger partial charge in [-0.05, 0) is 48.2 Å². The standard InChI is InChI=1S/C27H31ClN4O7S2/c28-23-24(39-15-22(33)34)26(27(35)36)40-25(23)18-4-2-6-21(14-18)31-19-7-11-32(12-8-19)41(37,38)16-17-3-1-5-20(13-17)30-10-9-29/h1-6,13-14,19,30-31H,7-12,15-16,29H2,(H,33,34)(H,35,36). The first kappa shape index (κ1) is 30.6. The third-order valence-corrected chi connectivity index (χ3v) is 9.97. The number of halogens is 1. The van der Waals surface area contributed by atoms with Crippen molar-refractivity contribution < 1.29 is 33.0 Å². The van der Waals surface area contributed by atoms with Crippen molar-refractivity contribution in [1.29, 1.82) is 0 Å². The average molecular weight is 623 g/mol. The smallest absolute Gasteiger partial charge is 0.349 e. The van der Waals surface area contributed by atoms with E-state index < -0.39 is 28.6 Å². The lowest BCUT2D eigenvalue weighted by Crippen LogP contribution is -2.42. The highest BCUT2D eigenvalue weighted by Crippen LogP contribution is 2.46. The minimum atomic E-state index is -3.49. The summed E-state index contributed by atoms with van der Waals surface area (Å²) < 4.78 is 32.9. The summed E-state index contributed by atoms with van der Waals surface area (Å²) in [5.41, 5.74) is 8.48. The molecule has 0 bridgehead atoms. The van der Waals surface area contributed by atoms with Gasteiger partial charge in [0.1, 0.15) is 5.02 Å². The third kappa shape index (κ3) is 7.89. The summed E-state index contributed by atoms with van der Waals surface area (Å²) in [6.45, 7) is 1.13. The van der Waals surface area contributed by atoms with Gasteiger partial charge in [-0.1, -0.05) is 35.9 Å².